The second-order valence-electron chi connectivity index (χ2n) is 7.03. The van der Waals surface area contributed by atoms with Gasteiger partial charge in [0.15, 0.2) is 11.5 Å². The Hall–Kier alpha value is -3.26. The van der Waals surface area contributed by atoms with Crippen molar-refractivity contribution in [3.8, 4) is 11.3 Å². The maximum atomic E-state index is 13.9. The SMILES string of the molecule is C[C@H]1CN(c2ccc3cc(-c4cn5cccc(F)c5n4)c(=O)oc3n2)CCN1. The lowest BCUT2D eigenvalue weighted by Crippen LogP contribution is -2.49. The molecule has 8 heteroatoms. The molecule has 1 aliphatic heterocycles. The van der Waals surface area contributed by atoms with Crippen LogP contribution >= 0.6 is 0 Å². The van der Waals surface area contributed by atoms with E-state index in [1.165, 1.54) is 6.07 Å². The Morgan fingerprint density at radius 1 is 1.29 bits per heavy atom. The molecule has 5 rings (SSSR count). The van der Waals surface area contributed by atoms with Gasteiger partial charge in [-0.05, 0) is 37.3 Å². The van der Waals surface area contributed by atoms with E-state index in [0.717, 1.165) is 25.5 Å². The van der Waals surface area contributed by atoms with E-state index in [1.54, 1.807) is 28.9 Å². The average Bonchev–Trinajstić information content (AvgIpc) is 3.12. The minimum atomic E-state index is -0.547. The number of hydrogen-bond acceptors (Lipinski definition) is 6. The van der Waals surface area contributed by atoms with Crippen LogP contribution in [0.15, 0.2) is 51.9 Å². The number of pyridine rings is 2. The van der Waals surface area contributed by atoms with Crippen LogP contribution in [-0.4, -0.2) is 40.0 Å². The molecule has 142 valence electrons. The van der Waals surface area contributed by atoms with Crippen LogP contribution in [0.1, 0.15) is 6.92 Å². The number of nitrogens with one attached hydrogen (secondary N) is 1. The van der Waals surface area contributed by atoms with Gasteiger partial charge in [-0.25, -0.2) is 14.2 Å². The van der Waals surface area contributed by atoms with Gasteiger partial charge in [0.05, 0.1) is 11.3 Å². The third-order valence-electron chi connectivity index (χ3n) is 4.99. The fourth-order valence-corrected chi connectivity index (χ4v) is 3.59. The van der Waals surface area contributed by atoms with Crippen LogP contribution in [0.4, 0.5) is 10.2 Å². The zero-order valence-corrected chi connectivity index (χ0v) is 15.2. The van der Waals surface area contributed by atoms with Gasteiger partial charge in [0.1, 0.15) is 5.82 Å². The second kappa shape index (κ2) is 6.42. The first-order valence-corrected chi connectivity index (χ1v) is 9.15. The molecule has 4 aromatic heterocycles. The van der Waals surface area contributed by atoms with Crippen molar-refractivity contribution in [1.82, 2.24) is 19.7 Å². The first-order chi connectivity index (χ1) is 13.6. The number of aromatic nitrogens is 3. The Morgan fingerprint density at radius 2 is 2.18 bits per heavy atom. The van der Waals surface area contributed by atoms with Crippen molar-refractivity contribution in [2.24, 2.45) is 0 Å². The molecule has 28 heavy (non-hydrogen) atoms. The third kappa shape index (κ3) is 2.82. The molecule has 0 spiro atoms. The number of hydrogen-bond donors (Lipinski definition) is 1. The highest BCUT2D eigenvalue weighted by Crippen LogP contribution is 2.23. The molecule has 0 saturated carbocycles. The summed E-state index contributed by atoms with van der Waals surface area (Å²) >= 11 is 0. The molecule has 4 aromatic rings. The summed E-state index contributed by atoms with van der Waals surface area (Å²) < 4.78 is 20.9. The van der Waals surface area contributed by atoms with E-state index in [2.05, 4.69) is 27.1 Å². The summed E-state index contributed by atoms with van der Waals surface area (Å²) in [5, 5.41) is 4.08. The van der Waals surface area contributed by atoms with Crippen molar-refractivity contribution in [2.75, 3.05) is 24.5 Å². The second-order valence-corrected chi connectivity index (χ2v) is 7.03. The number of anilines is 1. The Labute approximate surface area is 159 Å². The molecular formula is C20H18FN5O2. The predicted molar refractivity (Wildman–Crippen MR) is 104 cm³/mol. The number of fused-ring (bicyclic) bond motifs is 2. The van der Waals surface area contributed by atoms with Gasteiger partial charge in [0, 0.05) is 43.5 Å². The maximum absolute atomic E-state index is 13.9. The van der Waals surface area contributed by atoms with Gasteiger partial charge < -0.3 is 19.0 Å². The molecule has 1 atom stereocenters. The van der Waals surface area contributed by atoms with E-state index in [4.69, 9.17) is 4.42 Å². The Morgan fingerprint density at radius 3 is 3.00 bits per heavy atom. The van der Waals surface area contributed by atoms with Gasteiger partial charge in [0.2, 0.25) is 5.71 Å². The third-order valence-corrected chi connectivity index (χ3v) is 4.99. The minimum absolute atomic E-state index is 0.165. The molecule has 0 bridgehead atoms. The summed E-state index contributed by atoms with van der Waals surface area (Å²) in [6, 6.07) is 8.78. The van der Waals surface area contributed by atoms with Crippen molar-refractivity contribution in [1.29, 1.82) is 0 Å². The molecule has 0 unspecified atom stereocenters. The van der Waals surface area contributed by atoms with Crippen LogP contribution in [0, 0.1) is 5.82 Å². The van der Waals surface area contributed by atoms with Gasteiger partial charge in [0.25, 0.3) is 0 Å². The molecule has 0 aliphatic carbocycles. The number of imidazole rings is 1. The largest absolute Gasteiger partial charge is 0.403 e. The van der Waals surface area contributed by atoms with Crippen molar-refractivity contribution in [2.45, 2.75) is 13.0 Å². The molecule has 1 fully saturated rings. The van der Waals surface area contributed by atoms with Gasteiger partial charge in [-0.2, -0.15) is 4.98 Å². The number of halogens is 1. The smallest absolute Gasteiger partial charge is 0.347 e. The summed E-state index contributed by atoms with van der Waals surface area (Å²) in [5.41, 5.74) is 0.544. The molecule has 1 aliphatic rings. The molecule has 5 heterocycles. The van der Waals surface area contributed by atoms with Crippen molar-refractivity contribution >= 4 is 22.6 Å². The molecule has 1 N–H and O–H groups in total. The van der Waals surface area contributed by atoms with E-state index in [0.29, 0.717) is 17.1 Å². The molecule has 1 saturated heterocycles. The highest BCUT2D eigenvalue weighted by molar-refractivity contribution is 5.80. The highest BCUT2D eigenvalue weighted by atomic mass is 19.1. The van der Waals surface area contributed by atoms with Crippen molar-refractivity contribution < 1.29 is 8.81 Å². The zero-order chi connectivity index (χ0) is 19.3. The Balaban J connectivity index is 1.57. The Bertz CT molecular complexity index is 1250. The lowest BCUT2D eigenvalue weighted by atomic mass is 10.2. The van der Waals surface area contributed by atoms with Crippen LogP contribution < -0.4 is 15.8 Å². The van der Waals surface area contributed by atoms with E-state index >= 15 is 0 Å². The van der Waals surface area contributed by atoms with Crippen LogP contribution in [-0.2, 0) is 0 Å². The fraction of sp³-hybridized carbons (Fsp3) is 0.250. The monoisotopic (exact) mass is 379 g/mol. The molecule has 0 aromatic carbocycles. The summed E-state index contributed by atoms with van der Waals surface area (Å²) in [7, 11) is 0. The molecule has 7 nitrogen and oxygen atoms in total. The lowest BCUT2D eigenvalue weighted by molar-refractivity contribution is 0.481. The quantitative estimate of drug-likeness (QED) is 0.577. The summed E-state index contributed by atoms with van der Waals surface area (Å²) in [4.78, 5) is 23.5. The first kappa shape index (κ1) is 16.9. The van der Waals surface area contributed by atoms with Crippen molar-refractivity contribution in [3.05, 3.63) is 59.0 Å². The van der Waals surface area contributed by atoms with Crippen LogP contribution in [0.3, 0.4) is 0 Å². The van der Waals surface area contributed by atoms with Crippen LogP contribution in [0.25, 0.3) is 28.0 Å². The van der Waals surface area contributed by atoms with Gasteiger partial charge >= 0.3 is 5.63 Å². The van der Waals surface area contributed by atoms with E-state index in [9.17, 15) is 9.18 Å². The normalized spacial score (nSPS) is 17.5. The lowest BCUT2D eigenvalue weighted by Gasteiger charge is -2.32. The van der Waals surface area contributed by atoms with Gasteiger partial charge in [-0.15, -0.1) is 0 Å². The standard InChI is InChI=1S/C20H18FN5O2/c1-12-10-25(8-6-22-12)17-5-4-13-9-14(20(27)28-19(13)24-17)16-11-26-7-2-3-15(21)18(26)23-16/h2-5,7,9,11-12,22H,6,8,10H2,1H3/t12-/m0/s1. The van der Waals surface area contributed by atoms with Crippen molar-refractivity contribution in [3.63, 3.8) is 0 Å². The fourth-order valence-electron chi connectivity index (χ4n) is 3.59. The average molecular weight is 379 g/mol. The minimum Gasteiger partial charge on any atom is -0.403 e. The zero-order valence-electron chi connectivity index (χ0n) is 15.2. The molecule has 0 amide bonds. The highest BCUT2D eigenvalue weighted by Gasteiger charge is 2.19. The first-order valence-electron chi connectivity index (χ1n) is 9.15. The van der Waals surface area contributed by atoms with Crippen LogP contribution in [0.5, 0.6) is 0 Å². The number of nitrogens with zero attached hydrogens (tertiary/aromatic N) is 4. The summed E-state index contributed by atoms with van der Waals surface area (Å²) in [5.74, 6) is 0.335. The summed E-state index contributed by atoms with van der Waals surface area (Å²) in [6.07, 6.45) is 3.29. The predicted octanol–water partition coefficient (Wildman–Crippen LogP) is 2.44. The molecule has 0 radical (unpaired) electrons. The van der Waals surface area contributed by atoms with E-state index in [1.807, 2.05) is 12.1 Å². The van der Waals surface area contributed by atoms with E-state index in [-0.39, 0.29) is 16.9 Å². The van der Waals surface area contributed by atoms with Gasteiger partial charge in [-0.3, -0.25) is 0 Å². The van der Waals surface area contributed by atoms with E-state index < -0.39 is 11.4 Å². The summed E-state index contributed by atoms with van der Waals surface area (Å²) in [6.45, 7) is 4.69. The topological polar surface area (TPSA) is 75.7 Å². The Kier molecular flexibility index (Phi) is 3.87. The maximum Gasteiger partial charge on any atom is 0.347 e. The number of rotatable bonds is 2. The van der Waals surface area contributed by atoms with Crippen LogP contribution in [0.2, 0.25) is 0 Å². The van der Waals surface area contributed by atoms with Gasteiger partial charge in [-0.1, -0.05) is 0 Å². The number of piperazine rings is 1. The molecular weight excluding hydrogens is 361 g/mol.